The third-order valence-corrected chi connectivity index (χ3v) is 4.99. The van der Waals surface area contributed by atoms with Crippen LogP contribution in [0.25, 0.3) is 11.0 Å². The summed E-state index contributed by atoms with van der Waals surface area (Å²) in [5, 5.41) is 12.4. The van der Waals surface area contributed by atoms with E-state index in [2.05, 4.69) is 24.8 Å². The molecule has 4 rings (SSSR count). The van der Waals surface area contributed by atoms with Crippen molar-refractivity contribution in [3.8, 4) is 11.9 Å². The topological polar surface area (TPSA) is 118 Å². The number of nitriles is 1. The fourth-order valence-electron chi connectivity index (χ4n) is 3.61. The standard InChI is InChI=1S/C19H22N8O/c1-26-16-6-5-13(21)8-15(16)24-19(26)27-7-3-4-14(11-27)23-18-22-10-12(9-20)17(25-18)28-2/h5-6,8,10,14H,3-4,7,11,21H2,1-2H3,(H,22,23,25). The first kappa shape index (κ1) is 17.9. The second-order valence-electron chi connectivity index (χ2n) is 6.88. The number of nitrogens with zero attached hydrogens (tertiary/aromatic N) is 6. The van der Waals surface area contributed by atoms with Gasteiger partial charge in [-0.2, -0.15) is 10.2 Å². The van der Waals surface area contributed by atoms with Crippen molar-refractivity contribution in [2.45, 2.75) is 18.9 Å². The molecule has 1 aromatic carbocycles. The van der Waals surface area contributed by atoms with Crippen LogP contribution in [0.4, 0.5) is 17.6 Å². The first-order valence-electron chi connectivity index (χ1n) is 9.13. The number of imidazole rings is 1. The predicted octanol–water partition coefficient (Wildman–Crippen LogP) is 1.91. The highest BCUT2D eigenvalue weighted by atomic mass is 16.5. The van der Waals surface area contributed by atoms with Gasteiger partial charge in [0.1, 0.15) is 11.6 Å². The maximum atomic E-state index is 9.07. The molecule has 144 valence electrons. The van der Waals surface area contributed by atoms with E-state index in [1.165, 1.54) is 13.3 Å². The van der Waals surface area contributed by atoms with Crippen molar-refractivity contribution in [1.29, 1.82) is 5.26 Å². The highest BCUT2D eigenvalue weighted by molar-refractivity contribution is 5.82. The lowest BCUT2D eigenvalue weighted by molar-refractivity contribution is 0.395. The first-order valence-corrected chi connectivity index (χ1v) is 9.13. The Bertz CT molecular complexity index is 1050. The van der Waals surface area contributed by atoms with Crippen LogP contribution in [0, 0.1) is 11.3 Å². The summed E-state index contributed by atoms with van der Waals surface area (Å²) in [4.78, 5) is 15.6. The van der Waals surface area contributed by atoms with Crippen molar-refractivity contribution in [2.24, 2.45) is 7.05 Å². The largest absolute Gasteiger partial charge is 0.480 e. The molecule has 0 bridgehead atoms. The molecule has 0 amide bonds. The Morgan fingerprint density at radius 3 is 3.00 bits per heavy atom. The Morgan fingerprint density at radius 2 is 2.21 bits per heavy atom. The molecule has 0 aliphatic carbocycles. The van der Waals surface area contributed by atoms with Gasteiger partial charge >= 0.3 is 0 Å². The summed E-state index contributed by atoms with van der Waals surface area (Å²) in [5.41, 5.74) is 8.88. The molecule has 9 nitrogen and oxygen atoms in total. The molecule has 3 heterocycles. The zero-order valence-corrected chi connectivity index (χ0v) is 15.9. The Hall–Kier alpha value is -3.54. The SMILES string of the molecule is COc1nc(NC2CCCN(c3nc4cc(N)ccc4n3C)C2)ncc1C#N. The van der Waals surface area contributed by atoms with E-state index >= 15 is 0 Å². The van der Waals surface area contributed by atoms with Gasteiger partial charge < -0.3 is 25.3 Å². The van der Waals surface area contributed by atoms with Crippen LogP contribution >= 0.6 is 0 Å². The summed E-state index contributed by atoms with van der Waals surface area (Å²) < 4.78 is 7.26. The number of aromatic nitrogens is 4. The number of rotatable bonds is 4. The van der Waals surface area contributed by atoms with Crippen LogP contribution in [0.15, 0.2) is 24.4 Å². The number of benzene rings is 1. The number of nitrogens with two attached hydrogens (primary N) is 1. The number of nitrogens with one attached hydrogen (secondary N) is 1. The van der Waals surface area contributed by atoms with Gasteiger partial charge in [0, 0.05) is 31.9 Å². The molecule has 1 saturated heterocycles. The molecule has 28 heavy (non-hydrogen) atoms. The quantitative estimate of drug-likeness (QED) is 0.661. The third-order valence-electron chi connectivity index (χ3n) is 4.99. The van der Waals surface area contributed by atoms with Crippen molar-refractivity contribution < 1.29 is 4.74 Å². The molecule has 0 radical (unpaired) electrons. The predicted molar refractivity (Wildman–Crippen MR) is 107 cm³/mol. The molecule has 3 aromatic rings. The number of hydrogen-bond acceptors (Lipinski definition) is 8. The van der Waals surface area contributed by atoms with Crippen molar-refractivity contribution in [3.05, 3.63) is 30.0 Å². The normalized spacial score (nSPS) is 16.8. The minimum atomic E-state index is 0.163. The lowest BCUT2D eigenvalue weighted by Gasteiger charge is -2.33. The van der Waals surface area contributed by atoms with Crippen molar-refractivity contribution in [3.63, 3.8) is 0 Å². The second-order valence-corrected chi connectivity index (χ2v) is 6.88. The number of ether oxygens (including phenoxy) is 1. The molecule has 1 fully saturated rings. The van der Waals surface area contributed by atoms with E-state index in [9.17, 15) is 0 Å². The summed E-state index contributed by atoms with van der Waals surface area (Å²) in [7, 11) is 3.51. The van der Waals surface area contributed by atoms with Gasteiger partial charge in [0.15, 0.2) is 0 Å². The Kier molecular flexibility index (Phi) is 4.61. The molecule has 0 saturated carbocycles. The number of hydrogen-bond donors (Lipinski definition) is 2. The average Bonchev–Trinajstić information content (AvgIpc) is 3.03. The van der Waals surface area contributed by atoms with Crippen LogP contribution in [0.3, 0.4) is 0 Å². The van der Waals surface area contributed by atoms with Crippen LogP contribution in [0.5, 0.6) is 5.88 Å². The van der Waals surface area contributed by atoms with Gasteiger partial charge in [0.2, 0.25) is 17.8 Å². The molecule has 1 atom stereocenters. The van der Waals surface area contributed by atoms with Crippen molar-refractivity contribution in [1.82, 2.24) is 19.5 Å². The summed E-state index contributed by atoms with van der Waals surface area (Å²) in [6.07, 6.45) is 3.50. The highest BCUT2D eigenvalue weighted by Gasteiger charge is 2.24. The molecule has 3 N–H and O–H groups in total. The monoisotopic (exact) mass is 378 g/mol. The van der Waals surface area contributed by atoms with Crippen LogP contribution in [-0.2, 0) is 7.05 Å². The molecule has 1 aliphatic rings. The highest BCUT2D eigenvalue weighted by Crippen LogP contribution is 2.26. The van der Waals surface area contributed by atoms with Gasteiger partial charge in [-0.1, -0.05) is 0 Å². The van der Waals surface area contributed by atoms with Gasteiger partial charge in [-0.05, 0) is 31.0 Å². The summed E-state index contributed by atoms with van der Waals surface area (Å²) in [6.45, 7) is 1.71. The molecule has 9 heteroatoms. The summed E-state index contributed by atoms with van der Waals surface area (Å²) in [5.74, 6) is 1.66. The zero-order chi connectivity index (χ0) is 19.7. The molecule has 2 aromatic heterocycles. The van der Waals surface area contributed by atoms with E-state index in [1.807, 2.05) is 31.3 Å². The van der Waals surface area contributed by atoms with E-state index < -0.39 is 0 Å². The number of aryl methyl sites for hydroxylation is 1. The maximum Gasteiger partial charge on any atom is 0.236 e. The number of nitrogen functional groups attached to an aromatic ring is 1. The minimum Gasteiger partial charge on any atom is -0.480 e. The Balaban J connectivity index is 1.54. The Morgan fingerprint density at radius 1 is 1.36 bits per heavy atom. The van der Waals surface area contributed by atoms with E-state index in [4.69, 9.17) is 20.7 Å². The molecule has 1 aliphatic heterocycles. The van der Waals surface area contributed by atoms with E-state index in [0.29, 0.717) is 17.2 Å². The molecule has 0 spiro atoms. The lowest BCUT2D eigenvalue weighted by Crippen LogP contribution is -2.43. The van der Waals surface area contributed by atoms with Gasteiger partial charge in [-0.15, -0.1) is 0 Å². The fraction of sp³-hybridized carbons (Fsp3) is 0.368. The Labute approximate surface area is 162 Å². The van der Waals surface area contributed by atoms with E-state index in [0.717, 1.165) is 42.9 Å². The van der Waals surface area contributed by atoms with E-state index in [-0.39, 0.29) is 11.9 Å². The number of methoxy groups -OCH3 is 1. The zero-order valence-electron chi connectivity index (χ0n) is 15.9. The van der Waals surface area contributed by atoms with Gasteiger partial charge in [0.25, 0.3) is 0 Å². The minimum absolute atomic E-state index is 0.163. The fourth-order valence-corrected chi connectivity index (χ4v) is 3.61. The van der Waals surface area contributed by atoms with Crippen LogP contribution in [0.1, 0.15) is 18.4 Å². The van der Waals surface area contributed by atoms with Crippen LogP contribution in [0.2, 0.25) is 0 Å². The van der Waals surface area contributed by atoms with Crippen molar-refractivity contribution in [2.75, 3.05) is 36.1 Å². The lowest BCUT2D eigenvalue weighted by atomic mass is 10.1. The third kappa shape index (κ3) is 3.24. The molecular weight excluding hydrogens is 356 g/mol. The van der Waals surface area contributed by atoms with Crippen LogP contribution < -0.4 is 20.7 Å². The van der Waals surface area contributed by atoms with Crippen molar-refractivity contribution >= 4 is 28.6 Å². The summed E-state index contributed by atoms with van der Waals surface area (Å²) in [6, 6.07) is 7.97. The number of anilines is 3. The van der Waals surface area contributed by atoms with Gasteiger partial charge in [-0.25, -0.2) is 9.97 Å². The second kappa shape index (κ2) is 7.23. The number of fused-ring (bicyclic) bond motifs is 1. The van der Waals surface area contributed by atoms with Gasteiger partial charge in [-0.3, -0.25) is 0 Å². The average molecular weight is 378 g/mol. The van der Waals surface area contributed by atoms with Crippen LogP contribution in [-0.4, -0.2) is 45.8 Å². The van der Waals surface area contributed by atoms with Gasteiger partial charge in [0.05, 0.1) is 24.3 Å². The number of piperidine rings is 1. The van der Waals surface area contributed by atoms with E-state index in [1.54, 1.807) is 0 Å². The molecule has 1 unspecified atom stereocenters. The summed E-state index contributed by atoms with van der Waals surface area (Å²) >= 11 is 0. The smallest absolute Gasteiger partial charge is 0.236 e. The molecular formula is C19H22N8O. The maximum absolute atomic E-state index is 9.07. The first-order chi connectivity index (χ1) is 13.6.